The fourth-order valence-electron chi connectivity index (χ4n) is 1.67. The number of aromatic nitrogens is 3. The molecule has 0 bridgehead atoms. The molecule has 0 amide bonds. The maximum Gasteiger partial charge on any atom is 0.191 e. The van der Waals surface area contributed by atoms with Crippen LogP contribution in [0, 0.1) is 5.92 Å². The van der Waals surface area contributed by atoms with Crippen LogP contribution in [0.25, 0.3) is 10.7 Å². The van der Waals surface area contributed by atoms with Crippen LogP contribution >= 0.6 is 11.3 Å². The van der Waals surface area contributed by atoms with Crippen molar-refractivity contribution < 1.29 is 0 Å². The Morgan fingerprint density at radius 1 is 1.47 bits per heavy atom. The quantitative estimate of drug-likeness (QED) is 0.819. The lowest BCUT2D eigenvalue weighted by Crippen LogP contribution is -2.43. The lowest BCUT2D eigenvalue weighted by atomic mass is 9.99. The van der Waals surface area contributed by atoms with E-state index in [4.69, 9.17) is 0 Å². The van der Waals surface area contributed by atoms with Crippen molar-refractivity contribution >= 4 is 11.3 Å². The minimum atomic E-state index is 0.731. The smallest absolute Gasteiger partial charge is 0.191 e. The van der Waals surface area contributed by atoms with Crippen molar-refractivity contribution in [1.29, 1.82) is 0 Å². The zero-order valence-electron chi connectivity index (χ0n) is 8.23. The van der Waals surface area contributed by atoms with E-state index < -0.39 is 0 Å². The van der Waals surface area contributed by atoms with Gasteiger partial charge in [-0.15, -0.1) is 11.3 Å². The van der Waals surface area contributed by atoms with Gasteiger partial charge in [0.1, 0.15) is 5.82 Å². The topological polar surface area (TPSA) is 53.6 Å². The Morgan fingerprint density at radius 3 is 3.07 bits per heavy atom. The minimum absolute atomic E-state index is 0.731. The molecular formula is C10H12N4S. The summed E-state index contributed by atoms with van der Waals surface area (Å²) in [5.74, 6) is 2.56. The van der Waals surface area contributed by atoms with E-state index in [1.807, 2.05) is 17.5 Å². The molecule has 1 fully saturated rings. The molecule has 1 aliphatic heterocycles. The molecule has 3 rings (SSSR count). The first-order chi connectivity index (χ1) is 7.42. The van der Waals surface area contributed by atoms with E-state index in [1.54, 1.807) is 11.3 Å². The highest BCUT2D eigenvalue weighted by molar-refractivity contribution is 7.13. The van der Waals surface area contributed by atoms with Gasteiger partial charge in [0.15, 0.2) is 5.82 Å². The third kappa shape index (κ3) is 1.80. The van der Waals surface area contributed by atoms with E-state index in [2.05, 4.69) is 20.5 Å². The second kappa shape index (κ2) is 3.75. The number of H-pyrrole nitrogens is 1. The number of hydrogen-bond acceptors (Lipinski definition) is 4. The van der Waals surface area contributed by atoms with E-state index in [0.717, 1.165) is 42.0 Å². The van der Waals surface area contributed by atoms with Gasteiger partial charge in [-0.1, -0.05) is 6.07 Å². The molecule has 1 aliphatic rings. The summed E-state index contributed by atoms with van der Waals surface area (Å²) >= 11 is 1.67. The SMILES string of the molecule is c1csc(-c2n[nH]c(CC3CNC3)n2)c1. The molecule has 5 heteroatoms. The summed E-state index contributed by atoms with van der Waals surface area (Å²) in [7, 11) is 0. The lowest BCUT2D eigenvalue weighted by Gasteiger charge is -2.25. The molecule has 15 heavy (non-hydrogen) atoms. The fraction of sp³-hybridized carbons (Fsp3) is 0.400. The average molecular weight is 220 g/mol. The predicted molar refractivity (Wildman–Crippen MR) is 59.8 cm³/mol. The summed E-state index contributed by atoms with van der Waals surface area (Å²) in [5.41, 5.74) is 0. The van der Waals surface area contributed by atoms with E-state index in [0.29, 0.717) is 0 Å². The van der Waals surface area contributed by atoms with Gasteiger partial charge in [-0.2, -0.15) is 5.10 Å². The Morgan fingerprint density at radius 2 is 2.40 bits per heavy atom. The molecule has 1 saturated heterocycles. The number of rotatable bonds is 3. The van der Waals surface area contributed by atoms with Crippen molar-refractivity contribution in [3.8, 4) is 10.7 Å². The summed E-state index contributed by atoms with van der Waals surface area (Å²) in [6, 6.07) is 4.06. The number of hydrogen-bond donors (Lipinski definition) is 2. The molecule has 2 N–H and O–H groups in total. The number of thiophene rings is 1. The van der Waals surface area contributed by atoms with Crippen LogP contribution in [0.15, 0.2) is 17.5 Å². The van der Waals surface area contributed by atoms with Crippen LogP contribution in [0.4, 0.5) is 0 Å². The molecule has 2 aromatic rings. The Bertz CT molecular complexity index is 430. The molecular weight excluding hydrogens is 208 g/mol. The highest BCUT2D eigenvalue weighted by atomic mass is 32.1. The predicted octanol–water partition coefficient (Wildman–Crippen LogP) is 1.30. The van der Waals surface area contributed by atoms with Crippen molar-refractivity contribution in [1.82, 2.24) is 20.5 Å². The Hall–Kier alpha value is -1.20. The fourth-order valence-corrected chi connectivity index (χ4v) is 2.33. The van der Waals surface area contributed by atoms with Crippen LogP contribution in [-0.2, 0) is 6.42 Å². The Kier molecular flexibility index (Phi) is 2.26. The maximum atomic E-state index is 4.49. The second-order valence-electron chi connectivity index (χ2n) is 3.81. The molecule has 4 nitrogen and oxygen atoms in total. The van der Waals surface area contributed by atoms with E-state index in [-0.39, 0.29) is 0 Å². The Balaban J connectivity index is 1.75. The number of aromatic amines is 1. The minimum Gasteiger partial charge on any atom is -0.316 e. The van der Waals surface area contributed by atoms with Gasteiger partial charge < -0.3 is 5.32 Å². The van der Waals surface area contributed by atoms with Gasteiger partial charge in [-0.05, 0) is 30.5 Å². The normalized spacial score (nSPS) is 16.5. The molecule has 0 spiro atoms. The van der Waals surface area contributed by atoms with Gasteiger partial charge in [-0.25, -0.2) is 4.98 Å². The van der Waals surface area contributed by atoms with Gasteiger partial charge in [0, 0.05) is 6.42 Å². The van der Waals surface area contributed by atoms with Crippen LogP contribution in [0.1, 0.15) is 5.82 Å². The van der Waals surface area contributed by atoms with Crippen LogP contribution < -0.4 is 5.32 Å². The summed E-state index contributed by atoms with van der Waals surface area (Å²) in [5, 5.41) is 12.5. The average Bonchev–Trinajstić information content (AvgIpc) is 2.82. The van der Waals surface area contributed by atoms with Crippen LogP contribution in [0.3, 0.4) is 0 Å². The number of nitrogens with one attached hydrogen (secondary N) is 2. The zero-order chi connectivity index (χ0) is 10.1. The standard InChI is InChI=1S/C10H12N4S/c1-2-8(15-3-1)10-12-9(13-14-10)4-7-5-11-6-7/h1-3,7,11H,4-6H2,(H,12,13,14). The third-order valence-corrected chi connectivity index (χ3v) is 3.49. The highest BCUT2D eigenvalue weighted by Gasteiger charge is 2.19. The van der Waals surface area contributed by atoms with Gasteiger partial charge in [0.25, 0.3) is 0 Å². The molecule has 0 saturated carbocycles. The first-order valence-corrected chi connectivity index (χ1v) is 5.95. The van der Waals surface area contributed by atoms with Crippen molar-refractivity contribution in [3.05, 3.63) is 23.3 Å². The maximum absolute atomic E-state index is 4.49. The van der Waals surface area contributed by atoms with Crippen molar-refractivity contribution in [3.63, 3.8) is 0 Å². The first kappa shape index (κ1) is 9.06. The highest BCUT2D eigenvalue weighted by Crippen LogP contribution is 2.21. The largest absolute Gasteiger partial charge is 0.316 e. The van der Waals surface area contributed by atoms with Crippen molar-refractivity contribution in [2.24, 2.45) is 5.92 Å². The second-order valence-corrected chi connectivity index (χ2v) is 4.76. The van der Waals surface area contributed by atoms with E-state index in [1.165, 1.54) is 0 Å². The number of nitrogens with zero attached hydrogens (tertiary/aromatic N) is 2. The van der Waals surface area contributed by atoms with E-state index >= 15 is 0 Å². The molecule has 0 unspecified atom stereocenters. The first-order valence-electron chi connectivity index (χ1n) is 5.08. The molecule has 78 valence electrons. The van der Waals surface area contributed by atoms with Gasteiger partial charge in [0.05, 0.1) is 4.88 Å². The van der Waals surface area contributed by atoms with E-state index in [9.17, 15) is 0 Å². The van der Waals surface area contributed by atoms with Crippen molar-refractivity contribution in [2.45, 2.75) is 6.42 Å². The molecule has 3 heterocycles. The zero-order valence-corrected chi connectivity index (χ0v) is 9.05. The van der Waals surface area contributed by atoms with Gasteiger partial charge >= 0.3 is 0 Å². The summed E-state index contributed by atoms with van der Waals surface area (Å²) in [6.45, 7) is 2.21. The van der Waals surface area contributed by atoms with Gasteiger partial charge in [0.2, 0.25) is 0 Å². The molecule has 0 aromatic carbocycles. The molecule has 0 aliphatic carbocycles. The van der Waals surface area contributed by atoms with Crippen LogP contribution in [0.2, 0.25) is 0 Å². The molecule has 2 aromatic heterocycles. The Labute approximate surface area is 91.7 Å². The third-order valence-electron chi connectivity index (χ3n) is 2.62. The van der Waals surface area contributed by atoms with Crippen LogP contribution in [0.5, 0.6) is 0 Å². The lowest BCUT2D eigenvalue weighted by molar-refractivity contribution is 0.341. The molecule has 0 atom stereocenters. The molecule has 0 radical (unpaired) electrons. The van der Waals surface area contributed by atoms with Crippen LogP contribution in [-0.4, -0.2) is 28.3 Å². The summed E-state index contributed by atoms with van der Waals surface area (Å²) in [4.78, 5) is 5.62. The summed E-state index contributed by atoms with van der Waals surface area (Å²) < 4.78 is 0. The van der Waals surface area contributed by atoms with Crippen molar-refractivity contribution in [2.75, 3.05) is 13.1 Å². The van der Waals surface area contributed by atoms with Gasteiger partial charge in [-0.3, -0.25) is 5.10 Å². The monoisotopic (exact) mass is 220 g/mol. The summed E-state index contributed by atoms with van der Waals surface area (Å²) in [6.07, 6.45) is 1.01.